The van der Waals surface area contributed by atoms with Crippen LogP contribution in [0.3, 0.4) is 0 Å². The Labute approximate surface area is 177 Å². The summed E-state index contributed by atoms with van der Waals surface area (Å²) in [5, 5.41) is 6.91. The Bertz CT molecular complexity index is 872. The zero-order valence-corrected chi connectivity index (χ0v) is 18.1. The monoisotopic (exact) mass is 414 g/mol. The number of ether oxygens (including phenoxy) is 2. The number of aromatic nitrogens is 1. The zero-order valence-electron chi connectivity index (χ0n) is 18.1. The van der Waals surface area contributed by atoms with Gasteiger partial charge >= 0.3 is 5.97 Å². The second kappa shape index (κ2) is 9.78. The van der Waals surface area contributed by atoms with Crippen LogP contribution in [-0.4, -0.2) is 29.7 Å². The molecule has 0 unspecified atom stereocenters. The number of hydrogen-bond donors (Lipinski definition) is 1. The average molecular weight is 415 g/mol. The molecule has 1 aliphatic rings. The molecule has 0 aliphatic heterocycles. The van der Waals surface area contributed by atoms with Crippen molar-refractivity contribution in [3.05, 3.63) is 46.8 Å². The van der Waals surface area contributed by atoms with Crippen molar-refractivity contribution in [3.8, 4) is 5.75 Å². The van der Waals surface area contributed by atoms with Crippen molar-refractivity contribution in [2.24, 2.45) is 11.8 Å². The Morgan fingerprint density at radius 2 is 2.03 bits per heavy atom. The van der Waals surface area contributed by atoms with E-state index in [9.17, 15) is 9.59 Å². The Morgan fingerprint density at radius 1 is 1.23 bits per heavy atom. The Morgan fingerprint density at radius 3 is 2.77 bits per heavy atom. The van der Waals surface area contributed by atoms with E-state index in [1.807, 2.05) is 13.8 Å². The minimum absolute atomic E-state index is 0.140. The number of nitrogens with one attached hydrogen (secondary N) is 1. The third-order valence-electron chi connectivity index (χ3n) is 6.02. The van der Waals surface area contributed by atoms with Crippen LogP contribution in [0.25, 0.3) is 0 Å². The van der Waals surface area contributed by atoms with Crippen LogP contribution in [0.1, 0.15) is 60.5 Å². The average Bonchev–Trinajstić information content (AvgIpc) is 3.05. The van der Waals surface area contributed by atoms with Crippen LogP contribution in [0.4, 0.5) is 0 Å². The third kappa shape index (κ3) is 5.40. The van der Waals surface area contributed by atoms with Crippen molar-refractivity contribution in [3.63, 3.8) is 0 Å². The molecule has 7 heteroatoms. The molecule has 1 aliphatic carbocycles. The van der Waals surface area contributed by atoms with E-state index < -0.39 is 5.97 Å². The number of benzene rings is 1. The summed E-state index contributed by atoms with van der Waals surface area (Å²) in [7, 11) is 0. The predicted octanol–water partition coefficient (Wildman–Crippen LogP) is 3.97. The Kier molecular flexibility index (Phi) is 7.13. The first-order valence-electron chi connectivity index (χ1n) is 10.5. The lowest BCUT2D eigenvalue weighted by atomic mass is 9.78. The van der Waals surface area contributed by atoms with E-state index in [-0.39, 0.29) is 18.6 Å². The molecule has 0 radical (unpaired) electrons. The highest BCUT2D eigenvalue weighted by Gasteiger charge is 2.28. The minimum Gasteiger partial charge on any atom is -0.489 e. The third-order valence-corrected chi connectivity index (χ3v) is 6.02. The molecule has 0 spiro atoms. The first-order valence-corrected chi connectivity index (χ1v) is 10.5. The van der Waals surface area contributed by atoms with Crippen LogP contribution in [0.5, 0.6) is 5.75 Å². The van der Waals surface area contributed by atoms with Gasteiger partial charge in [0.25, 0.3) is 5.91 Å². The summed E-state index contributed by atoms with van der Waals surface area (Å²) in [4.78, 5) is 24.6. The molecular weight excluding hydrogens is 384 g/mol. The van der Waals surface area contributed by atoms with Gasteiger partial charge in [-0.1, -0.05) is 37.9 Å². The lowest BCUT2D eigenvalue weighted by Gasteiger charge is -2.34. The van der Waals surface area contributed by atoms with Gasteiger partial charge < -0.3 is 19.3 Å². The van der Waals surface area contributed by atoms with Gasteiger partial charge in [-0.05, 0) is 50.3 Å². The van der Waals surface area contributed by atoms with E-state index in [1.54, 1.807) is 24.3 Å². The highest BCUT2D eigenvalue weighted by atomic mass is 16.5. The summed E-state index contributed by atoms with van der Waals surface area (Å²) in [6.45, 7) is 8.05. The molecule has 1 aromatic heterocycles. The highest BCUT2D eigenvalue weighted by molar-refractivity contribution is 5.91. The molecule has 3 atom stereocenters. The number of esters is 1. The molecular formula is C23H30N2O5. The number of carbonyl (C=O) groups excluding carboxylic acids is 2. The van der Waals surface area contributed by atoms with Crippen molar-refractivity contribution in [1.82, 2.24) is 10.5 Å². The highest BCUT2D eigenvalue weighted by Crippen LogP contribution is 2.29. The fourth-order valence-corrected chi connectivity index (χ4v) is 3.82. The molecule has 3 rings (SSSR count). The summed E-state index contributed by atoms with van der Waals surface area (Å²) >= 11 is 0. The predicted molar refractivity (Wildman–Crippen MR) is 111 cm³/mol. The fourth-order valence-electron chi connectivity index (χ4n) is 3.82. The molecule has 1 N–H and O–H groups in total. The second-order valence-corrected chi connectivity index (χ2v) is 8.14. The molecule has 1 aromatic carbocycles. The van der Waals surface area contributed by atoms with E-state index >= 15 is 0 Å². The van der Waals surface area contributed by atoms with Gasteiger partial charge in [0.05, 0.1) is 16.8 Å². The van der Waals surface area contributed by atoms with Gasteiger partial charge in [0.15, 0.2) is 6.61 Å². The molecule has 1 saturated carbocycles. The minimum atomic E-state index is -0.557. The fraction of sp³-hybridized carbons (Fsp3) is 0.522. The maximum atomic E-state index is 12.4. The second-order valence-electron chi connectivity index (χ2n) is 8.14. The molecule has 1 fully saturated rings. The lowest BCUT2D eigenvalue weighted by Crippen LogP contribution is -2.45. The number of aryl methyl sites for hydroxylation is 2. The topological polar surface area (TPSA) is 90.7 Å². The lowest BCUT2D eigenvalue weighted by molar-refractivity contribution is -0.125. The van der Waals surface area contributed by atoms with Crippen molar-refractivity contribution in [1.29, 1.82) is 0 Å². The molecule has 30 heavy (non-hydrogen) atoms. The van der Waals surface area contributed by atoms with Crippen molar-refractivity contribution < 1.29 is 23.6 Å². The van der Waals surface area contributed by atoms with Gasteiger partial charge in [-0.15, -0.1) is 0 Å². The summed E-state index contributed by atoms with van der Waals surface area (Å²) in [6.07, 6.45) is 3.27. The van der Waals surface area contributed by atoms with Gasteiger partial charge in [-0.25, -0.2) is 4.79 Å². The SMILES string of the molecule is Cc1noc(C)c1COc1cccc(C(=O)OCC(=O)N[C@H]2CCC[C@@H](C)[C@@H]2C)c1. The summed E-state index contributed by atoms with van der Waals surface area (Å²) < 4.78 is 16.1. The van der Waals surface area contributed by atoms with E-state index in [2.05, 4.69) is 24.3 Å². The number of carbonyl (C=O) groups is 2. The number of rotatable bonds is 7. The van der Waals surface area contributed by atoms with Crippen molar-refractivity contribution in [2.75, 3.05) is 6.61 Å². The molecule has 1 heterocycles. The quantitative estimate of drug-likeness (QED) is 0.690. The maximum Gasteiger partial charge on any atom is 0.338 e. The van der Waals surface area contributed by atoms with Gasteiger partial charge in [-0.2, -0.15) is 0 Å². The summed E-state index contributed by atoms with van der Waals surface area (Å²) in [5.74, 6) is 1.41. The summed E-state index contributed by atoms with van der Waals surface area (Å²) in [5.41, 5.74) is 1.99. The maximum absolute atomic E-state index is 12.4. The molecule has 2 aromatic rings. The van der Waals surface area contributed by atoms with Crippen LogP contribution in [0, 0.1) is 25.7 Å². The van der Waals surface area contributed by atoms with Crippen LogP contribution in [-0.2, 0) is 16.1 Å². The zero-order chi connectivity index (χ0) is 21.7. The van der Waals surface area contributed by atoms with Gasteiger partial charge in [-0.3, -0.25) is 4.79 Å². The molecule has 162 valence electrons. The Hall–Kier alpha value is -2.83. The summed E-state index contributed by atoms with van der Waals surface area (Å²) in [6, 6.07) is 6.84. The Balaban J connectivity index is 1.50. The largest absolute Gasteiger partial charge is 0.489 e. The standard InChI is InChI=1S/C23H30N2O5/c1-14-7-5-10-21(15(14)2)24-22(26)13-29-23(27)18-8-6-9-19(11-18)28-12-20-16(3)25-30-17(20)4/h6,8-9,11,14-15,21H,5,7,10,12-13H2,1-4H3,(H,24,26)/t14-,15+,21+/m1/s1. The molecule has 0 saturated heterocycles. The van der Waals surface area contributed by atoms with Gasteiger partial charge in [0, 0.05) is 6.04 Å². The number of hydrogen-bond acceptors (Lipinski definition) is 6. The van der Waals surface area contributed by atoms with Crippen LogP contribution in [0.15, 0.2) is 28.8 Å². The molecule has 0 bridgehead atoms. The van der Waals surface area contributed by atoms with Gasteiger partial charge in [0.2, 0.25) is 0 Å². The van der Waals surface area contributed by atoms with E-state index in [4.69, 9.17) is 14.0 Å². The molecule has 7 nitrogen and oxygen atoms in total. The van der Waals surface area contributed by atoms with E-state index in [1.165, 1.54) is 6.42 Å². The number of amides is 1. The van der Waals surface area contributed by atoms with E-state index in [0.29, 0.717) is 35.5 Å². The molecule has 1 amide bonds. The number of nitrogens with zero attached hydrogens (tertiary/aromatic N) is 1. The van der Waals surface area contributed by atoms with Gasteiger partial charge in [0.1, 0.15) is 18.1 Å². The van der Waals surface area contributed by atoms with Crippen LogP contribution in [0.2, 0.25) is 0 Å². The first kappa shape index (κ1) is 21.9. The normalized spacial score (nSPS) is 21.1. The first-order chi connectivity index (χ1) is 14.3. The smallest absolute Gasteiger partial charge is 0.338 e. The van der Waals surface area contributed by atoms with Crippen LogP contribution < -0.4 is 10.1 Å². The van der Waals surface area contributed by atoms with Crippen LogP contribution >= 0.6 is 0 Å². The van der Waals surface area contributed by atoms with Crippen molar-refractivity contribution >= 4 is 11.9 Å². The van der Waals surface area contributed by atoms with Crippen molar-refractivity contribution in [2.45, 2.75) is 59.6 Å². The van der Waals surface area contributed by atoms with E-state index in [0.717, 1.165) is 24.1 Å².